The number of carbonyl (C=O) groups excluding carboxylic acids is 1. The number of hydrogen-bond acceptors (Lipinski definition) is 5. The first-order chi connectivity index (χ1) is 10.6. The van der Waals surface area contributed by atoms with Crippen molar-refractivity contribution in [2.75, 3.05) is 6.54 Å². The molecule has 0 radical (unpaired) electrons. The van der Waals surface area contributed by atoms with Crippen LogP contribution in [0.15, 0.2) is 18.2 Å². The second-order valence-electron chi connectivity index (χ2n) is 6.75. The lowest BCUT2D eigenvalue weighted by atomic mass is 10.1. The molecule has 1 rings (SSSR count). The molecule has 6 heteroatoms. The molecule has 1 aromatic carbocycles. The molecule has 0 aliphatic heterocycles. The smallest absolute Gasteiger partial charge is 0.407 e. The average Bonchev–Trinajstić information content (AvgIpc) is 2.35. The largest absolute Gasteiger partial charge is 0.508 e. The van der Waals surface area contributed by atoms with Crippen molar-refractivity contribution < 1.29 is 19.7 Å². The molecule has 130 valence electrons. The fourth-order valence-corrected chi connectivity index (χ4v) is 2.11. The van der Waals surface area contributed by atoms with E-state index in [9.17, 15) is 15.0 Å². The molecule has 0 heterocycles. The Bertz CT molecular complexity index is 526. The molecule has 0 fully saturated rings. The number of carbonyl (C=O) groups is 1. The molecule has 0 aliphatic rings. The van der Waals surface area contributed by atoms with Gasteiger partial charge in [-0.3, -0.25) is 0 Å². The molecule has 1 aromatic rings. The van der Waals surface area contributed by atoms with E-state index < -0.39 is 11.7 Å². The molecule has 6 nitrogen and oxygen atoms in total. The lowest BCUT2D eigenvalue weighted by Crippen LogP contribution is -2.39. The number of phenols is 2. The first kappa shape index (κ1) is 19.1. The van der Waals surface area contributed by atoms with Gasteiger partial charge in [0.15, 0.2) is 0 Å². The van der Waals surface area contributed by atoms with E-state index in [0.29, 0.717) is 6.54 Å². The number of amides is 1. The van der Waals surface area contributed by atoms with Crippen molar-refractivity contribution in [2.24, 2.45) is 0 Å². The maximum Gasteiger partial charge on any atom is 0.407 e. The molecular weight excluding hydrogens is 296 g/mol. The molecule has 2 unspecified atom stereocenters. The molecular formula is C17H28N2O4. The van der Waals surface area contributed by atoms with Crippen molar-refractivity contribution in [3.63, 3.8) is 0 Å². The van der Waals surface area contributed by atoms with Crippen LogP contribution in [0.3, 0.4) is 0 Å². The van der Waals surface area contributed by atoms with E-state index >= 15 is 0 Å². The first-order valence-electron chi connectivity index (χ1n) is 7.83. The van der Waals surface area contributed by atoms with Gasteiger partial charge in [-0.1, -0.05) is 6.07 Å². The summed E-state index contributed by atoms with van der Waals surface area (Å²) in [7, 11) is 0. The minimum atomic E-state index is -0.507. The van der Waals surface area contributed by atoms with Crippen molar-refractivity contribution in [3.05, 3.63) is 23.8 Å². The van der Waals surface area contributed by atoms with Gasteiger partial charge in [0.2, 0.25) is 0 Å². The Hall–Kier alpha value is -1.95. The first-order valence-corrected chi connectivity index (χ1v) is 7.83. The minimum absolute atomic E-state index is 0.0297. The number of benzene rings is 1. The summed E-state index contributed by atoms with van der Waals surface area (Å²) in [5.74, 6) is 0.0959. The van der Waals surface area contributed by atoms with E-state index in [2.05, 4.69) is 10.6 Å². The van der Waals surface area contributed by atoms with Crippen LogP contribution in [0.25, 0.3) is 0 Å². The van der Waals surface area contributed by atoms with Crippen LogP contribution in [0.4, 0.5) is 4.79 Å². The topological polar surface area (TPSA) is 90.8 Å². The van der Waals surface area contributed by atoms with E-state index in [0.717, 1.165) is 12.0 Å². The molecule has 0 saturated heterocycles. The van der Waals surface area contributed by atoms with Gasteiger partial charge >= 0.3 is 6.09 Å². The van der Waals surface area contributed by atoms with Gasteiger partial charge in [0.25, 0.3) is 0 Å². The van der Waals surface area contributed by atoms with Gasteiger partial charge in [-0.15, -0.1) is 0 Å². The fraction of sp³-hybridized carbons (Fsp3) is 0.588. The van der Waals surface area contributed by atoms with Gasteiger partial charge < -0.3 is 25.6 Å². The number of nitrogens with one attached hydrogen (secondary N) is 2. The lowest BCUT2D eigenvalue weighted by molar-refractivity contribution is 0.0506. The molecule has 23 heavy (non-hydrogen) atoms. The Morgan fingerprint density at radius 3 is 2.48 bits per heavy atom. The Kier molecular flexibility index (Phi) is 6.69. The standard InChI is InChI=1S/C17H28N2O4/c1-11(19-16(22)23-17(3,4)5)8-9-18-12(2)14-7-6-13(20)10-15(14)21/h6-7,10-12,18,20-21H,8-9H2,1-5H3,(H,19,22). The summed E-state index contributed by atoms with van der Waals surface area (Å²) in [6, 6.07) is 4.45. The molecule has 1 amide bonds. The summed E-state index contributed by atoms with van der Waals surface area (Å²) in [6.45, 7) is 9.98. The molecule has 0 bridgehead atoms. The van der Waals surface area contributed by atoms with Gasteiger partial charge in [-0.2, -0.15) is 0 Å². The predicted octanol–water partition coefficient (Wildman–Crippen LogP) is 3.05. The molecule has 4 N–H and O–H groups in total. The van der Waals surface area contributed by atoms with Crippen LogP contribution in [0, 0.1) is 0 Å². The van der Waals surface area contributed by atoms with Crippen LogP contribution in [-0.4, -0.2) is 34.5 Å². The number of rotatable bonds is 6. The predicted molar refractivity (Wildman–Crippen MR) is 89.6 cm³/mol. The zero-order chi connectivity index (χ0) is 17.6. The second-order valence-corrected chi connectivity index (χ2v) is 6.75. The molecule has 0 spiro atoms. The zero-order valence-corrected chi connectivity index (χ0v) is 14.5. The van der Waals surface area contributed by atoms with Crippen molar-refractivity contribution in [1.82, 2.24) is 10.6 Å². The van der Waals surface area contributed by atoms with Gasteiger partial charge in [-0.25, -0.2) is 4.79 Å². The van der Waals surface area contributed by atoms with Gasteiger partial charge in [0.05, 0.1) is 0 Å². The molecule has 2 atom stereocenters. The van der Waals surface area contributed by atoms with Gasteiger partial charge in [-0.05, 0) is 53.7 Å². The number of phenolic OH excluding ortho intramolecular Hbond substituents is 2. The summed E-state index contributed by atoms with van der Waals surface area (Å²) in [5.41, 5.74) is 0.211. The Labute approximate surface area is 137 Å². The molecule has 0 aromatic heterocycles. The quantitative estimate of drug-likeness (QED) is 0.645. The highest BCUT2D eigenvalue weighted by Crippen LogP contribution is 2.27. The Morgan fingerprint density at radius 2 is 1.91 bits per heavy atom. The van der Waals surface area contributed by atoms with E-state index in [4.69, 9.17) is 4.74 Å². The summed E-state index contributed by atoms with van der Waals surface area (Å²) in [6.07, 6.45) is 0.303. The minimum Gasteiger partial charge on any atom is -0.508 e. The van der Waals surface area contributed by atoms with Crippen molar-refractivity contribution in [3.8, 4) is 11.5 Å². The second kappa shape index (κ2) is 8.06. The van der Waals surface area contributed by atoms with Crippen LogP contribution >= 0.6 is 0 Å². The highest BCUT2D eigenvalue weighted by molar-refractivity contribution is 5.68. The number of aromatic hydroxyl groups is 2. The normalized spacial score (nSPS) is 14.1. The number of ether oxygens (including phenoxy) is 1. The third kappa shape index (κ3) is 7.23. The highest BCUT2D eigenvalue weighted by atomic mass is 16.6. The van der Waals surface area contributed by atoms with Gasteiger partial charge in [0.1, 0.15) is 17.1 Å². The third-order valence-corrected chi connectivity index (χ3v) is 3.27. The monoisotopic (exact) mass is 324 g/mol. The van der Waals surface area contributed by atoms with E-state index in [1.165, 1.54) is 6.07 Å². The van der Waals surface area contributed by atoms with Crippen LogP contribution in [-0.2, 0) is 4.74 Å². The molecule has 0 aliphatic carbocycles. The summed E-state index contributed by atoms with van der Waals surface area (Å²) in [5, 5.41) is 25.2. The lowest BCUT2D eigenvalue weighted by Gasteiger charge is -2.22. The van der Waals surface area contributed by atoms with E-state index in [1.54, 1.807) is 12.1 Å². The van der Waals surface area contributed by atoms with Crippen LogP contribution in [0.2, 0.25) is 0 Å². The van der Waals surface area contributed by atoms with E-state index in [1.807, 2.05) is 34.6 Å². The summed E-state index contributed by atoms with van der Waals surface area (Å²) in [4.78, 5) is 11.7. The molecule has 0 saturated carbocycles. The zero-order valence-electron chi connectivity index (χ0n) is 14.5. The van der Waals surface area contributed by atoms with E-state index in [-0.39, 0.29) is 23.6 Å². The SMILES string of the molecule is CC(CCNC(C)c1ccc(O)cc1O)NC(=O)OC(C)(C)C. The maximum atomic E-state index is 11.7. The number of hydrogen-bond donors (Lipinski definition) is 4. The Morgan fingerprint density at radius 1 is 1.26 bits per heavy atom. The number of alkyl carbamates (subject to hydrolysis) is 1. The average molecular weight is 324 g/mol. The summed E-state index contributed by atoms with van der Waals surface area (Å²) < 4.78 is 5.20. The van der Waals surface area contributed by atoms with Crippen LogP contribution in [0.1, 0.15) is 52.6 Å². The summed E-state index contributed by atoms with van der Waals surface area (Å²) >= 11 is 0. The fourth-order valence-electron chi connectivity index (χ4n) is 2.11. The van der Waals surface area contributed by atoms with Crippen molar-refractivity contribution in [1.29, 1.82) is 0 Å². The van der Waals surface area contributed by atoms with Crippen molar-refractivity contribution in [2.45, 2.75) is 58.7 Å². The Balaban J connectivity index is 2.37. The highest BCUT2D eigenvalue weighted by Gasteiger charge is 2.17. The van der Waals surface area contributed by atoms with Crippen molar-refractivity contribution >= 4 is 6.09 Å². The van der Waals surface area contributed by atoms with Crippen LogP contribution < -0.4 is 10.6 Å². The van der Waals surface area contributed by atoms with Crippen LogP contribution in [0.5, 0.6) is 11.5 Å². The maximum absolute atomic E-state index is 11.7. The van der Waals surface area contributed by atoms with Gasteiger partial charge in [0, 0.05) is 23.7 Å². The third-order valence-electron chi connectivity index (χ3n) is 3.27.